The topological polar surface area (TPSA) is 40.5 Å². The SMILES string of the molecule is CCc1cc(C(F)F)ccc1B(O)O. The van der Waals surface area contributed by atoms with Crippen molar-refractivity contribution in [3.05, 3.63) is 29.3 Å². The molecule has 0 bridgehead atoms. The molecule has 0 spiro atoms. The van der Waals surface area contributed by atoms with Crippen molar-refractivity contribution < 1.29 is 18.8 Å². The number of aryl methyl sites for hydroxylation is 1. The minimum atomic E-state index is -2.52. The van der Waals surface area contributed by atoms with Crippen LogP contribution in [0.15, 0.2) is 18.2 Å². The Morgan fingerprint density at radius 3 is 2.43 bits per heavy atom. The van der Waals surface area contributed by atoms with Gasteiger partial charge in [-0.1, -0.05) is 25.1 Å². The van der Waals surface area contributed by atoms with Crippen molar-refractivity contribution in [3.63, 3.8) is 0 Å². The average Bonchev–Trinajstić information content (AvgIpc) is 2.16. The van der Waals surface area contributed by atoms with Gasteiger partial charge in [-0.2, -0.15) is 0 Å². The third-order valence-electron chi connectivity index (χ3n) is 2.08. The standard InChI is InChI=1S/C9H11BF2O2/c1-2-6-5-7(9(11)12)3-4-8(6)10(13)14/h3-5,9,13-14H,2H2,1H3. The summed E-state index contributed by atoms with van der Waals surface area (Å²) in [7, 11) is -1.60. The largest absolute Gasteiger partial charge is 0.488 e. The van der Waals surface area contributed by atoms with Crippen LogP contribution in [-0.4, -0.2) is 17.2 Å². The fraction of sp³-hybridized carbons (Fsp3) is 0.333. The molecule has 14 heavy (non-hydrogen) atoms. The van der Waals surface area contributed by atoms with Gasteiger partial charge in [0.25, 0.3) is 6.43 Å². The predicted octanol–water partition coefficient (Wildman–Crippen LogP) is 0.866. The molecule has 1 rings (SSSR count). The normalized spacial score (nSPS) is 10.7. The summed E-state index contributed by atoms with van der Waals surface area (Å²) in [6.45, 7) is 1.77. The lowest BCUT2D eigenvalue weighted by Crippen LogP contribution is -2.33. The number of hydrogen-bond acceptors (Lipinski definition) is 2. The highest BCUT2D eigenvalue weighted by molar-refractivity contribution is 6.59. The number of benzene rings is 1. The second kappa shape index (κ2) is 4.53. The zero-order chi connectivity index (χ0) is 10.7. The lowest BCUT2D eigenvalue weighted by atomic mass is 9.76. The van der Waals surface area contributed by atoms with Crippen LogP contribution >= 0.6 is 0 Å². The van der Waals surface area contributed by atoms with Crippen molar-refractivity contribution in [2.75, 3.05) is 0 Å². The molecule has 0 unspecified atom stereocenters. The fourth-order valence-electron chi connectivity index (χ4n) is 1.32. The van der Waals surface area contributed by atoms with E-state index in [0.29, 0.717) is 12.0 Å². The Hall–Kier alpha value is -0.935. The Labute approximate surface area is 81.3 Å². The van der Waals surface area contributed by atoms with Crippen LogP contribution in [0.5, 0.6) is 0 Å². The van der Waals surface area contributed by atoms with Gasteiger partial charge in [-0.25, -0.2) is 8.78 Å². The van der Waals surface area contributed by atoms with Gasteiger partial charge in [-0.15, -0.1) is 0 Å². The highest BCUT2D eigenvalue weighted by Crippen LogP contribution is 2.18. The number of hydrogen-bond donors (Lipinski definition) is 2. The molecule has 0 saturated carbocycles. The van der Waals surface area contributed by atoms with E-state index in [9.17, 15) is 8.78 Å². The molecule has 0 saturated heterocycles. The number of rotatable bonds is 3. The van der Waals surface area contributed by atoms with Crippen LogP contribution in [0.1, 0.15) is 24.5 Å². The first-order chi connectivity index (χ1) is 6.56. The summed E-state index contributed by atoms with van der Waals surface area (Å²) in [5.74, 6) is 0. The zero-order valence-corrected chi connectivity index (χ0v) is 7.74. The number of halogens is 2. The van der Waals surface area contributed by atoms with Gasteiger partial charge < -0.3 is 10.0 Å². The molecule has 0 amide bonds. The summed E-state index contributed by atoms with van der Waals surface area (Å²) in [6.07, 6.45) is -2.03. The molecule has 1 aromatic carbocycles. The maximum atomic E-state index is 12.3. The molecule has 0 radical (unpaired) electrons. The van der Waals surface area contributed by atoms with Crippen LogP contribution in [0.4, 0.5) is 8.78 Å². The van der Waals surface area contributed by atoms with E-state index < -0.39 is 13.5 Å². The second-order valence-electron chi connectivity index (χ2n) is 2.99. The fourth-order valence-corrected chi connectivity index (χ4v) is 1.32. The van der Waals surface area contributed by atoms with E-state index in [4.69, 9.17) is 10.0 Å². The van der Waals surface area contributed by atoms with Crippen LogP contribution in [0.25, 0.3) is 0 Å². The van der Waals surface area contributed by atoms with Crippen molar-refractivity contribution in [2.45, 2.75) is 19.8 Å². The highest BCUT2D eigenvalue weighted by Gasteiger charge is 2.17. The van der Waals surface area contributed by atoms with E-state index in [1.165, 1.54) is 18.2 Å². The molecule has 2 N–H and O–H groups in total. The Morgan fingerprint density at radius 2 is 2.00 bits per heavy atom. The third kappa shape index (κ3) is 2.30. The number of alkyl halides is 2. The van der Waals surface area contributed by atoms with Crippen molar-refractivity contribution in [1.82, 2.24) is 0 Å². The smallest absolute Gasteiger partial charge is 0.423 e. The van der Waals surface area contributed by atoms with E-state index in [1.54, 1.807) is 6.92 Å². The minimum absolute atomic E-state index is 0.0914. The lowest BCUT2D eigenvalue weighted by molar-refractivity contribution is 0.151. The van der Waals surface area contributed by atoms with E-state index in [-0.39, 0.29) is 11.0 Å². The van der Waals surface area contributed by atoms with Crippen molar-refractivity contribution in [2.24, 2.45) is 0 Å². The second-order valence-corrected chi connectivity index (χ2v) is 2.99. The quantitative estimate of drug-likeness (QED) is 0.710. The first-order valence-electron chi connectivity index (χ1n) is 4.33. The third-order valence-corrected chi connectivity index (χ3v) is 2.08. The van der Waals surface area contributed by atoms with Gasteiger partial charge in [-0.3, -0.25) is 0 Å². The molecular weight excluding hydrogens is 189 g/mol. The Bertz CT molecular complexity index is 316. The van der Waals surface area contributed by atoms with Crippen LogP contribution in [0.3, 0.4) is 0 Å². The molecule has 0 fully saturated rings. The zero-order valence-electron chi connectivity index (χ0n) is 7.74. The molecule has 0 aliphatic heterocycles. The molecule has 0 atom stereocenters. The molecule has 5 heteroatoms. The van der Waals surface area contributed by atoms with E-state index in [0.717, 1.165) is 0 Å². The van der Waals surface area contributed by atoms with Crippen LogP contribution < -0.4 is 5.46 Å². The van der Waals surface area contributed by atoms with Gasteiger partial charge in [-0.05, 0) is 17.4 Å². The van der Waals surface area contributed by atoms with Gasteiger partial charge >= 0.3 is 7.12 Å². The summed E-state index contributed by atoms with van der Waals surface area (Å²) in [4.78, 5) is 0. The lowest BCUT2D eigenvalue weighted by Gasteiger charge is -2.09. The van der Waals surface area contributed by atoms with E-state index in [1.807, 2.05) is 0 Å². The molecule has 2 nitrogen and oxygen atoms in total. The van der Waals surface area contributed by atoms with Crippen molar-refractivity contribution >= 4 is 12.6 Å². The summed E-state index contributed by atoms with van der Waals surface area (Å²) in [5.41, 5.74) is 0.737. The molecule has 0 heterocycles. The van der Waals surface area contributed by atoms with Crippen molar-refractivity contribution in [1.29, 1.82) is 0 Å². The monoisotopic (exact) mass is 200 g/mol. The van der Waals surface area contributed by atoms with E-state index in [2.05, 4.69) is 0 Å². The van der Waals surface area contributed by atoms with Crippen molar-refractivity contribution in [3.8, 4) is 0 Å². The summed E-state index contributed by atoms with van der Waals surface area (Å²) >= 11 is 0. The van der Waals surface area contributed by atoms with Gasteiger partial charge in [0.15, 0.2) is 0 Å². The van der Waals surface area contributed by atoms with E-state index >= 15 is 0 Å². The predicted molar refractivity (Wildman–Crippen MR) is 50.6 cm³/mol. The summed E-state index contributed by atoms with van der Waals surface area (Å²) in [6, 6.07) is 3.84. The van der Waals surface area contributed by atoms with Crippen LogP contribution in [0, 0.1) is 0 Å². The van der Waals surface area contributed by atoms with Crippen LogP contribution in [-0.2, 0) is 6.42 Å². The molecule has 0 aliphatic rings. The van der Waals surface area contributed by atoms with Crippen LogP contribution in [0.2, 0.25) is 0 Å². The Balaban J connectivity index is 3.11. The highest BCUT2D eigenvalue weighted by atomic mass is 19.3. The minimum Gasteiger partial charge on any atom is -0.423 e. The maximum absolute atomic E-state index is 12.3. The summed E-state index contributed by atoms with van der Waals surface area (Å²) in [5, 5.41) is 17.9. The molecule has 0 aromatic heterocycles. The summed E-state index contributed by atoms with van der Waals surface area (Å²) < 4.78 is 24.6. The van der Waals surface area contributed by atoms with Gasteiger partial charge in [0, 0.05) is 5.56 Å². The average molecular weight is 200 g/mol. The molecule has 1 aromatic rings. The Kier molecular flexibility index (Phi) is 3.60. The first kappa shape index (κ1) is 11.1. The molecule has 0 aliphatic carbocycles. The molecular formula is C9H11BF2O2. The van der Waals surface area contributed by atoms with Gasteiger partial charge in [0.05, 0.1) is 0 Å². The van der Waals surface area contributed by atoms with Gasteiger partial charge in [0.1, 0.15) is 0 Å². The maximum Gasteiger partial charge on any atom is 0.488 e. The van der Waals surface area contributed by atoms with Gasteiger partial charge in [0.2, 0.25) is 0 Å². The first-order valence-corrected chi connectivity index (χ1v) is 4.33. The molecule has 76 valence electrons. The Morgan fingerprint density at radius 1 is 1.36 bits per heavy atom.